The molecular weight excluding hydrogens is 484 g/mol. The van der Waals surface area contributed by atoms with Crippen molar-refractivity contribution in [2.24, 2.45) is 0 Å². The monoisotopic (exact) mass is 505 g/mol. The number of alkyl halides is 6. The zero-order valence-electron chi connectivity index (χ0n) is 18.6. The van der Waals surface area contributed by atoms with Gasteiger partial charge in [-0.1, -0.05) is 25.5 Å². The smallest absolute Gasteiger partial charge is 0.430 e. The maximum Gasteiger partial charge on any atom is 0.430 e. The highest BCUT2D eigenvalue weighted by Gasteiger charge is 2.72. The third-order valence-electron chi connectivity index (χ3n) is 5.61. The number of hydrogen-bond donors (Lipinski definition) is 1. The molecule has 6 nitrogen and oxygen atoms in total. The van der Waals surface area contributed by atoms with Crippen LogP contribution < -0.4 is 14.4 Å². The average molecular weight is 505 g/mol. The highest BCUT2D eigenvalue weighted by molar-refractivity contribution is 6.08. The topological polar surface area (TPSA) is 76.1 Å². The number of carbonyl (C=O) groups excluding carboxylic acids is 2. The number of hydrogen-bond acceptors (Lipinski definition) is 5. The van der Waals surface area contributed by atoms with Crippen molar-refractivity contribution in [2.45, 2.75) is 44.6 Å². The van der Waals surface area contributed by atoms with Gasteiger partial charge in [0.1, 0.15) is 6.29 Å². The van der Waals surface area contributed by atoms with Crippen LogP contribution in [0.4, 0.5) is 32.0 Å². The normalized spacial score (nSPS) is 13.6. The molecule has 1 heterocycles. The number of rotatable bonds is 7. The Balaban J connectivity index is 2.20. The van der Waals surface area contributed by atoms with Crippen LogP contribution in [0.25, 0.3) is 0 Å². The lowest BCUT2D eigenvalue weighted by atomic mass is 9.90. The molecule has 0 unspecified atom stereocenters. The van der Waals surface area contributed by atoms with Gasteiger partial charge in [-0.2, -0.15) is 26.3 Å². The summed E-state index contributed by atoms with van der Waals surface area (Å²) in [7, 11) is 0. The molecule has 0 atom stereocenters. The number of unbranched alkanes of at least 4 members (excludes halogenated alkanes) is 1. The maximum absolute atomic E-state index is 13.5. The average Bonchev–Trinajstić information content (AvgIpc) is 3.27. The van der Waals surface area contributed by atoms with E-state index >= 15 is 0 Å². The van der Waals surface area contributed by atoms with E-state index in [-0.39, 0.29) is 23.4 Å². The van der Waals surface area contributed by atoms with E-state index in [1.807, 2.05) is 6.92 Å². The molecule has 1 aliphatic rings. The van der Waals surface area contributed by atoms with Gasteiger partial charge in [0.25, 0.3) is 11.5 Å². The van der Waals surface area contributed by atoms with Gasteiger partial charge in [-0.05, 0) is 37.1 Å². The lowest BCUT2D eigenvalue weighted by molar-refractivity contribution is -0.376. The van der Waals surface area contributed by atoms with Crippen LogP contribution in [-0.4, -0.2) is 43.0 Å². The van der Waals surface area contributed by atoms with Gasteiger partial charge in [0, 0.05) is 23.2 Å². The Kier molecular flexibility index (Phi) is 7.07. The minimum atomic E-state index is -6.13. The number of anilines is 1. The van der Waals surface area contributed by atoms with Crippen LogP contribution in [0.1, 0.15) is 51.6 Å². The summed E-state index contributed by atoms with van der Waals surface area (Å²) in [6.07, 6.45) is -10.7. The van der Waals surface area contributed by atoms with Crippen LogP contribution in [0.2, 0.25) is 0 Å². The van der Waals surface area contributed by atoms with Crippen molar-refractivity contribution in [2.75, 3.05) is 18.2 Å². The molecule has 0 bridgehead atoms. The Labute approximate surface area is 196 Å². The zero-order valence-corrected chi connectivity index (χ0v) is 18.6. The van der Waals surface area contributed by atoms with Gasteiger partial charge in [-0.15, -0.1) is 0 Å². The molecule has 1 amide bonds. The molecule has 0 fully saturated rings. The molecule has 12 heteroatoms. The van der Waals surface area contributed by atoms with E-state index in [2.05, 4.69) is 0 Å². The van der Waals surface area contributed by atoms with Gasteiger partial charge in [0.2, 0.25) is 6.79 Å². The number of nitrogens with zero attached hydrogens (tertiary/aromatic N) is 1. The van der Waals surface area contributed by atoms with E-state index in [1.165, 1.54) is 18.2 Å². The highest BCUT2D eigenvalue weighted by atomic mass is 19.4. The van der Waals surface area contributed by atoms with Crippen LogP contribution in [0.5, 0.6) is 11.5 Å². The summed E-state index contributed by atoms with van der Waals surface area (Å²) < 4.78 is 91.1. The Hall–Kier alpha value is -3.28. The Morgan fingerprint density at radius 2 is 1.69 bits per heavy atom. The van der Waals surface area contributed by atoms with E-state index in [1.54, 1.807) is 6.92 Å². The lowest BCUT2D eigenvalue weighted by Crippen LogP contribution is -2.54. The van der Waals surface area contributed by atoms with E-state index in [0.717, 1.165) is 11.0 Å². The number of aryl methyl sites for hydroxylation is 1. The molecule has 0 saturated heterocycles. The number of aliphatic hydroxyl groups is 1. The first-order chi connectivity index (χ1) is 16.3. The predicted octanol–water partition coefficient (Wildman–Crippen LogP) is 5.30. The third-order valence-corrected chi connectivity index (χ3v) is 5.61. The molecule has 2 aromatic carbocycles. The van der Waals surface area contributed by atoms with Gasteiger partial charge in [0.15, 0.2) is 11.5 Å². The van der Waals surface area contributed by atoms with Crippen LogP contribution in [-0.2, 0) is 5.60 Å². The molecule has 0 aliphatic carbocycles. The molecule has 190 valence electrons. The summed E-state index contributed by atoms with van der Waals surface area (Å²) in [5.74, 6) is -2.15. The number of benzene rings is 2. The van der Waals surface area contributed by atoms with Gasteiger partial charge in [0.05, 0.1) is 5.69 Å². The molecule has 3 rings (SSSR count). The largest absolute Gasteiger partial charge is 0.453 e. The van der Waals surface area contributed by atoms with E-state index in [4.69, 9.17) is 9.47 Å². The number of halogens is 6. The van der Waals surface area contributed by atoms with E-state index in [9.17, 15) is 41.0 Å². The SMILES string of the molecule is CCCCN(C(=O)c1cc(C=O)ccc1C)c1ccc(C(O)(C(F)(F)F)C(F)(F)F)c2c1OCO2. The van der Waals surface area contributed by atoms with Crippen LogP contribution >= 0.6 is 0 Å². The fraction of sp³-hybridized carbons (Fsp3) is 0.391. The van der Waals surface area contributed by atoms with Crippen molar-refractivity contribution in [3.63, 3.8) is 0 Å². The van der Waals surface area contributed by atoms with Gasteiger partial charge in [-0.25, -0.2) is 0 Å². The summed E-state index contributed by atoms with van der Waals surface area (Å²) in [4.78, 5) is 25.8. The van der Waals surface area contributed by atoms with E-state index < -0.39 is 47.7 Å². The Morgan fingerprint density at radius 1 is 1.06 bits per heavy atom. The maximum atomic E-state index is 13.5. The quantitative estimate of drug-likeness (QED) is 0.409. The second kappa shape index (κ2) is 9.40. The second-order valence-corrected chi connectivity index (χ2v) is 7.91. The summed E-state index contributed by atoms with van der Waals surface area (Å²) in [6, 6.07) is 5.63. The first kappa shape index (κ1) is 26.3. The Morgan fingerprint density at radius 3 is 2.26 bits per heavy atom. The van der Waals surface area contributed by atoms with Crippen LogP contribution in [0.15, 0.2) is 30.3 Å². The summed E-state index contributed by atoms with van der Waals surface area (Å²) in [5.41, 5.74) is -6.16. The van der Waals surface area contributed by atoms with Crippen molar-refractivity contribution in [1.82, 2.24) is 0 Å². The number of amides is 1. The first-order valence-corrected chi connectivity index (χ1v) is 10.4. The lowest BCUT2D eigenvalue weighted by Gasteiger charge is -2.33. The molecule has 0 spiro atoms. The van der Waals surface area contributed by atoms with E-state index in [0.29, 0.717) is 30.8 Å². The minimum Gasteiger partial charge on any atom is -0.453 e. The van der Waals surface area contributed by atoms with Crippen molar-refractivity contribution < 1.29 is 50.5 Å². The molecule has 35 heavy (non-hydrogen) atoms. The molecule has 2 aromatic rings. The standard InChI is InChI=1S/C23H21F6NO5/c1-3-4-9-30(20(32)15-10-14(11-31)6-5-13(15)2)17-8-7-16(18-19(17)35-12-34-18)21(33,22(24,25)26)23(27,28)29/h5-8,10-11,33H,3-4,9,12H2,1-2H3. The molecule has 1 aliphatic heterocycles. The van der Waals surface area contributed by atoms with Gasteiger partial charge in [-0.3, -0.25) is 9.59 Å². The minimum absolute atomic E-state index is 0.0397. The summed E-state index contributed by atoms with van der Waals surface area (Å²) in [5, 5.41) is 9.87. The summed E-state index contributed by atoms with van der Waals surface area (Å²) >= 11 is 0. The first-order valence-electron chi connectivity index (χ1n) is 10.4. The third kappa shape index (κ3) is 4.54. The van der Waals surface area contributed by atoms with Crippen molar-refractivity contribution in [3.8, 4) is 11.5 Å². The fourth-order valence-electron chi connectivity index (χ4n) is 3.68. The van der Waals surface area contributed by atoms with Gasteiger partial charge >= 0.3 is 12.4 Å². The van der Waals surface area contributed by atoms with Crippen LogP contribution in [0.3, 0.4) is 0 Å². The van der Waals surface area contributed by atoms with Crippen LogP contribution in [0, 0.1) is 6.92 Å². The Bertz CT molecular complexity index is 1110. The van der Waals surface area contributed by atoms with Crippen molar-refractivity contribution in [3.05, 3.63) is 52.6 Å². The number of ether oxygens (including phenoxy) is 2. The summed E-state index contributed by atoms with van der Waals surface area (Å²) in [6.45, 7) is 2.75. The number of fused-ring (bicyclic) bond motifs is 1. The molecule has 1 N–H and O–H groups in total. The molecule has 0 saturated carbocycles. The number of carbonyl (C=O) groups is 2. The zero-order chi connectivity index (χ0) is 26.2. The molecule has 0 radical (unpaired) electrons. The van der Waals surface area contributed by atoms with Gasteiger partial charge < -0.3 is 19.5 Å². The van der Waals surface area contributed by atoms with Crippen molar-refractivity contribution >= 4 is 17.9 Å². The van der Waals surface area contributed by atoms with Crippen molar-refractivity contribution in [1.29, 1.82) is 0 Å². The molecular formula is C23H21F6NO5. The number of aldehydes is 1. The second-order valence-electron chi connectivity index (χ2n) is 7.91. The highest BCUT2D eigenvalue weighted by Crippen LogP contribution is 2.56. The fourth-order valence-corrected chi connectivity index (χ4v) is 3.68. The predicted molar refractivity (Wildman–Crippen MR) is 112 cm³/mol. The molecule has 0 aromatic heterocycles.